The van der Waals surface area contributed by atoms with Gasteiger partial charge in [-0.1, -0.05) is 0 Å². The van der Waals surface area contributed by atoms with E-state index in [0.29, 0.717) is 6.04 Å². The minimum atomic E-state index is -0.0135. The molecule has 0 aromatic heterocycles. The summed E-state index contributed by atoms with van der Waals surface area (Å²) >= 11 is 2.06. The maximum Gasteiger partial charge on any atom is 0.0570 e. The SMILES string of the molecule is OC1CC(NC2CCSCC2)C1. The molecule has 1 heterocycles. The Morgan fingerprint density at radius 1 is 1.08 bits per heavy atom. The fourth-order valence-corrected chi connectivity index (χ4v) is 3.03. The van der Waals surface area contributed by atoms with E-state index in [2.05, 4.69) is 17.1 Å². The molecule has 2 nitrogen and oxygen atoms in total. The van der Waals surface area contributed by atoms with Gasteiger partial charge < -0.3 is 10.4 Å². The molecule has 0 bridgehead atoms. The Hall–Kier alpha value is 0.270. The molecule has 3 heteroatoms. The van der Waals surface area contributed by atoms with Crippen LogP contribution in [0.2, 0.25) is 0 Å². The van der Waals surface area contributed by atoms with Gasteiger partial charge in [0.15, 0.2) is 0 Å². The van der Waals surface area contributed by atoms with Crippen molar-refractivity contribution in [1.82, 2.24) is 5.32 Å². The average molecular weight is 187 g/mol. The van der Waals surface area contributed by atoms with E-state index in [0.717, 1.165) is 18.9 Å². The maximum absolute atomic E-state index is 9.10. The van der Waals surface area contributed by atoms with Crippen LogP contribution in [0.25, 0.3) is 0 Å². The molecule has 2 rings (SSSR count). The Bertz CT molecular complexity index is 141. The zero-order valence-corrected chi connectivity index (χ0v) is 8.15. The summed E-state index contributed by atoms with van der Waals surface area (Å²) in [7, 11) is 0. The van der Waals surface area contributed by atoms with E-state index in [1.165, 1.54) is 24.3 Å². The number of thioether (sulfide) groups is 1. The van der Waals surface area contributed by atoms with E-state index in [9.17, 15) is 0 Å². The molecule has 1 aliphatic heterocycles. The fraction of sp³-hybridized carbons (Fsp3) is 1.00. The van der Waals surface area contributed by atoms with Crippen molar-refractivity contribution < 1.29 is 5.11 Å². The third-order valence-electron chi connectivity index (χ3n) is 2.81. The molecule has 70 valence electrons. The molecular formula is C9H17NOS. The van der Waals surface area contributed by atoms with Gasteiger partial charge in [0.1, 0.15) is 0 Å². The molecule has 1 aliphatic carbocycles. The standard InChI is InChI=1S/C9H17NOS/c11-9-5-8(6-9)10-7-1-3-12-4-2-7/h7-11H,1-6H2. The summed E-state index contributed by atoms with van der Waals surface area (Å²) in [5, 5.41) is 12.7. The molecular weight excluding hydrogens is 170 g/mol. The summed E-state index contributed by atoms with van der Waals surface area (Å²) in [6, 6.07) is 1.36. The molecule has 0 atom stereocenters. The van der Waals surface area contributed by atoms with Crippen LogP contribution in [-0.2, 0) is 0 Å². The third-order valence-corrected chi connectivity index (χ3v) is 3.85. The lowest BCUT2D eigenvalue weighted by Gasteiger charge is -2.36. The Labute approximate surface area is 78.1 Å². The van der Waals surface area contributed by atoms with E-state index in [-0.39, 0.29) is 6.10 Å². The van der Waals surface area contributed by atoms with Crippen molar-refractivity contribution in [3.05, 3.63) is 0 Å². The number of hydrogen-bond acceptors (Lipinski definition) is 3. The zero-order chi connectivity index (χ0) is 8.39. The maximum atomic E-state index is 9.10. The second-order valence-corrected chi connectivity index (χ2v) is 5.10. The van der Waals surface area contributed by atoms with Gasteiger partial charge in [-0.2, -0.15) is 11.8 Å². The summed E-state index contributed by atoms with van der Waals surface area (Å²) < 4.78 is 0. The fourth-order valence-electron chi connectivity index (χ4n) is 1.92. The quantitative estimate of drug-likeness (QED) is 0.676. The van der Waals surface area contributed by atoms with Crippen LogP contribution in [0.5, 0.6) is 0 Å². The Morgan fingerprint density at radius 3 is 2.33 bits per heavy atom. The first-order chi connectivity index (χ1) is 5.84. The van der Waals surface area contributed by atoms with Gasteiger partial charge in [0.2, 0.25) is 0 Å². The summed E-state index contributed by atoms with van der Waals surface area (Å²) in [5.74, 6) is 2.62. The van der Waals surface area contributed by atoms with Crippen LogP contribution >= 0.6 is 11.8 Å². The first kappa shape index (κ1) is 8.85. The number of aliphatic hydroxyl groups excluding tert-OH is 1. The zero-order valence-electron chi connectivity index (χ0n) is 7.33. The number of hydrogen-bond donors (Lipinski definition) is 2. The predicted molar refractivity (Wildman–Crippen MR) is 52.5 cm³/mol. The van der Waals surface area contributed by atoms with Crippen LogP contribution in [0.3, 0.4) is 0 Å². The molecule has 0 amide bonds. The normalized spacial score (nSPS) is 37.8. The van der Waals surface area contributed by atoms with Gasteiger partial charge in [-0.3, -0.25) is 0 Å². The van der Waals surface area contributed by atoms with Crippen molar-refractivity contribution in [3.63, 3.8) is 0 Å². The molecule has 0 aromatic rings. The first-order valence-corrected chi connectivity index (χ1v) is 6.02. The summed E-state index contributed by atoms with van der Waals surface area (Å²) in [6.45, 7) is 0. The topological polar surface area (TPSA) is 32.3 Å². The van der Waals surface area contributed by atoms with E-state index >= 15 is 0 Å². The largest absolute Gasteiger partial charge is 0.393 e. The highest BCUT2D eigenvalue weighted by Gasteiger charge is 2.29. The molecule has 0 spiro atoms. The Morgan fingerprint density at radius 2 is 1.75 bits per heavy atom. The third kappa shape index (κ3) is 2.15. The molecule has 0 unspecified atom stereocenters. The highest BCUT2D eigenvalue weighted by atomic mass is 32.2. The molecule has 2 fully saturated rings. The molecule has 1 saturated carbocycles. The van der Waals surface area contributed by atoms with Crippen LogP contribution in [0, 0.1) is 0 Å². The lowest BCUT2D eigenvalue weighted by atomic mass is 9.88. The van der Waals surface area contributed by atoms with Gasteiger partial charge in [0.05, 0.1) is 6.10 Å². The molecule has 0 aromatic carbocycles. The van der Waals surface area contributed by atoms with Gasteiger partial charge in [-0.25, -0.2) is 0 Å². The molecule has 1 saturated heterocycles. The van der Waals surface area contributed by atoms with E-state index in [1.54, 1.807) is 0 Å². The molecule has 2 N–H and O–H groups in total. The number of aliphatic hydroxyl groups is 1. The smallest absolute Gasteiger partial charge is 0.0570 e. The Balaban J connectivity index is 1.65. The van der Waals surface area contributed by atoms with Crippen molar-refractivity contribution >= 4 is 11.8 Å². The molecule has 0 radical (unpaired) electrons. The summed E-state index contributed by atoms with van der Waals surface area (Å²) in [5.41, 5.74) is 0. The van der Waals surface area contributed by atoms with Crippen molar-refractivity contribution in [3.8, 4) is 0 Å². The minimum Gasteiger partial charge on any atom is -0.393 e. The van der Waals surface area contributed by atoms with Crippen LogP contribution < -0.4 is 5.32 Å². The van der Waals surface area contributed by atoms with E-state index in [4.69, 9.17) is 5.11 Å². The van der Waals surface area contributed by atoms with Crippen LogP contribution in [-0.4, -0.2) is 34.8 Å². The lowest BCUT2D eigenvalue weighted by molar-refractivity contribution is 0.0572. The summed E-state index contributed by atoms with van der Waals surface area (Å²) in [4.78, 5) is 0. The van der Waals surface area contributed by atoms with Crippen molar-refractivity contribution in [2.45, 2.75) is 43.9 Å². The van der Waals surface area contributed by atoms with Gasteiger partial charge in [-0.05, 0) is 37.2 Å². The van der Waals surface area contributed by atoms with Crippen LogP contribution in [0.15, 0.2) is 0 Å². The van der Waals surface area contributed by atoms with E-state index < -0.39 is 0 Å². The predicted octanol–water partition coefficient (Wildman–Crippen LogP) is 0.995. The first-order valence-electron chi connectivity index (χ1n) is 4.86. The van der Waals surface area contributed by atoms with Crippen molar-refractivity contribution in [2.75, 3.05) is 11.5 Å². The molecule has 2 aliphatic rings. The molecule has 12 heavy (non-hydrogen) atoms. The average Bonchev–Trinajstić information content (AvgIpc) is 2.04. The van der Waals surface area contributed by atoms with Crippen molar-refractivity contribution in [1.29, 1.82) is 0 Å². The van der Waals surface area contributed by atoms with Crippen molar-refractivity contribution in [2.24, 2.45) is 0 Å². The highest BCUT2D eigenvalue weighted by molar-refractivity contribution is 7.99. The van der Waals surface area contributed by atoms with Crippen LogP contribution in [0.1, 0.15) is 25.7 Å². The lowest BCUT2D eigenvalue weighted by Crippen LogP contribution is -2.49. The minimum absolute atomic E-state index is 0.0135. The number of nitrogens with one attached hydrogen (secondary N) is 1. The highest BCUT2D eigenvalue weighted by Crippen LogP contribution is 2.23. The second-order valence-electron chi connectivity index (χ2n) is 3.88. The van der Waals surface area contributed by atoms with Gasteiger partial charge >= 0.3 is 0 Å². The van der Waals surface area contributed by atoms with Crippen LogP contribution in [0.4, 0.5) is 0 Å². The monoisotopic (exact) mass is 187 g/mol. The Kier molecular flexibility index (Phi) is 2.94. The number of rotatable bonds is 2. The van der Waals surface area contributed by atoms with E-state index in [1.807, 2.05) is 0 Å². The second kappa shape index (κ2) is 3.99. The summed E-state index contributed by atoms with van der Waals surface area (Å²) in [6.07, 6.45) is 4.57. The van der Waals surface area contributed by atoms with Gasteiger partial charge in [0, 0.05) is 12.1 Å². The van der Waals surface area contributed by atoms with Gasteiger partial charge in [0.25, 0.3) is 0 Å². The van der Waals surface area contributed by atoms with Gasteiger partial charge in [-0.15, -0.1) is 0 Å².